The number of hydrogen-bond donors (Lipinski definition) is 2. The Morgan fingerprint density at radius 2 is 2.21 bits per heavy atom. The van der Waals surface area contributed by atoms with Crippen molar-refractivity contribution in [3.63, 3.8) is 0 Å². The smallest absolute Gasteiger partial charge is 0.191 e. The molecule has 1 unspecified atom stereocenters. The van der Waals surface area contributed by atoms with Gasteiger partial charge in [-0.2, -0.15) is 5.10 Å². The van der Waals surface area contributed by atoms with Crippen molar-refractivity contribution in [3.8, 4) is 0 Å². The van der Waals surface area contributed by atoms with Crippen molar-refractivity contribution in [1.29, 1.82) is 0 Å². The predicted octanol–water partition coefficient (Wildman–Crippen LogP) is 3.14. The molecule has 24 heavy (non-hydrogen) atoms. The molecule has 2 aromatic heterocycles. The molecule has 0 saturated carbocycles. The molecule has 0 saturated heterocycles. The second kappa shape index (κ2) is 10.7. The molecule has 0 aliphatic carbocycles. The number of aryl methyl sites for hydroxylation is 3. The Morgan fingerprint density at radius 3 is 2.79 bits per heavy atom. The van der Waals surface area contributed by atoms with Crippen LogP contribution in [-0.2, 0) is 19.9 Å². The fourth-order valence-corrected chi connectivity index (χ4v) is 3.50. The summed E-state index contributed by atoms with van der Waals surface area (Å²) in [5.41, 5.74) is 1.28. The Balaban J connectivity index is 0.00000288. The molecule has 0 radical (unpaired) electrons. The van der Waals surface area contributed by atoms with Gasteiger partial charge >= 0.3 is 0 Å². The van der Waals surface area contributed by atoms with Crippen LogP contribution in [0.15, 0.2) is 29.5 Å². The van der Waals surface area contributed by atoms with Crippen molar-refractivity contribution >= 4 is 41.3 Å². The van der Waals surface area contributed by atoms with Crippen LogP contribution in [-0.4, -0.2) is 35.4 Å². The maximum Gasteiger partial charge on any atom is 0.191 e. The van der Waals surface area contributed by atoms with Crippen molar-refractivity contribution in [1.82, 2.24) is 20.4 Å². The van der Waals surface area contributed by atoms with Gasteiger partial charge in [-0.25, -0.2) is 0 Å². The van der Waals surface area contributed by atoms with E-state index in [9.17, 15) is 0 Å². The number of aliphatic imine (C=N–C) groups is 1. The van der Waals surface area contributed by atoms with Crippen LogP contribution in [0.2, 0.25) is 0 Å². The first kappa shape index (κ1) is 21.0. The minimum atomic E-state index is 0. The van der Waals surface area contributed by atoms with E-state index in [4.69, 9.17) is 0 Å². The van der Waals surface area contributed by atoms with E-state index in [2.05, 4.69) is 52.9 Å². The van der Waals surface area contributed by atoms with Gasteiger partial charge in [0, 0.05) is 49.1 Å². The zero-order chi connectivity index (χ0) is 16.7. The van der Waals surface area contributed by atoms with Crippen LogP contribution in [0.1, 0.15) is 28.7 Å². The van der Waals surface area contributed by atoms with Crippen LogP contribution >= 0.6 is 35.3 Å². The van der Waals surface area contributed by atoms with Gasteiger partial charge in [0.05, 0.1) is 6.20 Å². The van der Waals surface area contributed by atoms with Crippen molar-refractivity contribution in [3.05, 3.63) is 39.8 Å². The number of aromatic nitrogens is 2. The van der Waals surface area contributed by atoms with E-state index in [1.165, 1.54) is 15.3 Å². The minimum Gasteiger partial charge on any atom is -0.356 e. The molecule has 0 aliphatic rings. The van der Waals surface area contributed by atoms with Gasteiger partial charge in [-0.1, -0.05) is 0 Å². The van der Waals surface area contributed by atoms with Gasteiger partial charge in [0.1, 0.15) is 0 Å². The molecule has 0 aliphatic heterocycles. The average Bonchev–Trinajstić information content (AvgIpc) is 3.10. The fraction of sp³-hybridized carbons (Fsp3) is 0.529. The topological polar surface area (TPSA) is 54.2 Å². The Bertz CT molecular complexity index is 634. The summed E-state index contributed by atoms with van der Waals surface area (Å²) in [6, 6.07) is 4.75. The highest BCUT2D eigenvalue weighted by Gasteiger charge is 2.07. The molecule has 2 aromatic rings. The van der Waals surface area contributed by atoms with Crippen LogP contribution in [0.4, 0.5) is 0 Å². The maximum atomic E-state index is 4.30. The number of guanidine groups is 1. The Kier molecular flexibility index (Phi) is 9.35. The summed E-state index contributed by atoms with van der Waals surface area (Å²) in [4.78, 5) is 7.08. The third kappa shape index (κ3) is 7.21. The van der Waals surface area contributed by atoms with Gasteiger partial charge < -0.3 is 10.6 Å². The molecule has 0 spiro atoms. The highest BCUT2D eigenvalue weighted by molar-refractivity contribution is 14.0. The zero-order valence-corrected chi connectivity index (χ0v) is 18.0. The van der Waals surface area contributed by atoms with Crippen LogP contribution in [0.5, 0.6) is 0 Å². The molecule has 1 atom stereocenters. The standard InChI is InChI=1S/C17H27N5S.HI/c1-13(10-16-8-7-14(2)23-16)21-17(18-3)19-9-5-6-15-11-20-22(4)12-15;/h7-8,11-13H,5-6,9-10H2,1-4H3,(H2,18,19,21);1H. The number of thiophene rings is 1. The highest BCUT2D eigenvalue weighted by atomic mass is 127. The lowest BCUT2D eigenvalue weighted by Crippen LogP contribution is -2.43. The molecule has 134 valence electrons. The van der Waals surface area contributed by atoms with E-state index in [1.54, 1.807) is 0 Å². The van der Waals surface area contributed by atoms with Gasteiger partial charge in [-0.3, -0.25) is 9.67 Å². The largest absolute Gasteiger partial charge is 0.356 e. The zero-order valence-electron chi connectivity index (χ0n) is 14.9. The summed E-state index contributed by atoms with van der Waals surface area (Å²) in [5, 5.41) is 11.0. The molecule has 0 fully saturated rings. The molecule has 2 heterocycles. The van der Waals surface area contributed by atoms with Gasteiger partial charge in [-0.05, 0) is 44.4 Å². The lowest BCUT2D eigenvalue weighted by Gasteiger charge is -2.17. The van der Waals surface area contributed by atoms with Gasteiger partial charge in [0.15, 0.2) is 5.96 Å². The van der Waals surface area contributed by atoms with Crippen molar-refractivity contribution in [2.24, 2.45) is 12.0 Å². The summed E-state index contributed by atoms with van der Waals surface area (Å²) in [6.45, 7) is 5.24. The van der Waals surface area contributed by atoms with Gasteiger partial charge in [0.25, 0.3) is 0 Å². The molecule has 0 aromatic carbocycles. The first-order chi connectivity index (χ1) is 11.1. The molecule has 0 bridgehead atoms. The second-order valence-corrected chi connectivity index (χ2v) is 7.26. The summed E-state index contributed by atoms with van der Waals surface area (Å²) in [5.74, 6) is 0.872. The predicted molar refractivity (Wildman–Crippen MR) is 114 cm³/mol. The number of nitrogens with one attached hydrogen (secondary N) is 2. The fourth-order valence-electron chi connectivity index (χ4n) is 2.48. The van der Waals surface area contributed by atoms with Crippen molar-refractivity contribution in [2.75, 3.05) is 13.6 Å². The number of rotatable bonds is 7. The third-order valence-corrected chi connectivity index (χ3v) is 4.63. The van der Waals surface area contributed by atoms with Gasteiger partial charge in [-0.15, -0.1) is 35.3 Å². The lowest BCUT2D eigenvalue weighted by atomic mass is 10.2. The summed E-state index contributed by atoms with van der Waals surface area (Å²) in [7, 11) is 3.77. The molecular formula is C17H28IN5S. The van der Waals surface area contributed by atoms with Crippen LogP contribution in [0.25, 0.3) is 0 Å². The molecule has 2 N–H and O–H groups in total. The quantitative estimate of drug-likeness (QED) is 0.288. The lowest BCUT2D eigenvalue weighted by molar-refractivity contribution is 0.639. The monoisotopic (exact) mass is 461 g/mol. The van der Waals surface area contributed by atoms with E-state index in [-0.39, 0.29) is 24.0 Å². The maximum absolute atomic E-state index is 4.30. The molecule has 7 heteroatoms. The number of halogens is 1. The first-order valence-corrected chi connectivity index (χ1v) is 8.88. The normalized spacial score (nSPS) is 12.6. The summed E-state index contributed by atoms with van der Waals surface area (Å²) in [6.07, 6.45) is 7.11. The minimum absolute atomic E-state index is 0. The Hall–Kier alpha value is -1.09. The van der Waals surface area contributed by atoms with E-state index in [0.717, 1.165) is 31.8 Å². The first-order valence-electron chi connectivity index (χ1n) is 8.07. The molecule has 5 nitrogen and oxygen atoms in total. The average molecular weight is 461 g/mol. The van der Waals surface area contributed by atoms with Gasteiger partial charge in [0.2, 0.25) is 0 Å². The number of hydrogen-bond acceptors (Lipinski definition) is 3. The number of nitrogens with zero attached hydrogens (tertiary/aromatic N) is 3. The SMILES string of the molecule is CN=C(NCCCc1cnn(C)c1)NC(C)Cc1ccc(C)s1.I. The summed E-state index contributed by atoms with van der Waals surface area (Å²) >= 11 is 1.86. The van der Waals surface area contributed by atoms with Crippen LogP contribution in [0.3, 0.4) is 0 Å². The summed E-state index contributed by atoms with van der Waals surface area (Å²) < 4.78 is 1.84. The van der Waals surface area contributed by atoms with E-state index < -0.39 is 0 Å². The second-order valence-electron chi connectivity index (χ2n) is 5.89. The Morgan fingerprint density at radius 1 is 1.42 bits per heavy atom. The molecular weight excluding hydrogens is 433 g/mol. The molecule has 2 rings (SSSR count). The van der Waals surface area contributed by atoms with Crippen molar-refractivity contribution < 1.29 is 0 Å². The van der Waals surface area contributed by atoms with E-state index >= 15 is 0 Å². The highest BCUT2D eigenvalue weighted by Crippen LogP contribution is 2.16. The van der Waals surface area contributed by atoms with Crippen LogP contribution in [0, 0.1) is 6.92 Å². The Labute approximate surface area is 166 Å². The molecule has 0 amide bonds. The van der Waals surface area contributed by atoms with E-state index in [0.29, 0.717) is 6.04 Å². The third-order valence-electron chi connectivity index (χ3n) is 3.60. The van der Waals surface area contributed by atoms with E-state index in [1.807, 2.05) is 36.3 Å². The van der Waals surface area contributed by atoms with Crippen molar-refractivity contribution in [2.45, 2.75) is 39.2 Å². The van der Waals surface area contributed by atoms with Crippen LogP contribution < -0.4 is 10.6 Å².